The number of hydrogen-bond donors (Lipinski definition) is 1. The van der Waals surface area contributed by atoms with E-state index in [2.05, 4.69) is 19.2 Å². The Morgan fingerprint density at radius 2 is 1.45 bits per heavy atom. The summed E-state index contributed by atoms with van der Waals surface area (Å²) in [6.07, 6.45) is 9.19. The van der Waals surface area contributed by atoms with Crippen molar-refractivity contribution in [1.29, 1.82) is 0 Å². The van der Waals surface area contributed by atoms with Gasteiger partial charge in [0.15, 0.2) is 5.79 Å². The van der Waals surface area contributed by atoms with Crippen LogP contribution in [0.5, 0.6) is 0 Å². The molecule has 1 N–H and O–H groups in total. The third-order valence-corrected chi connectivity index (χ3v) is 3.96. The van der Waals surface area contributed by atoms with Crippen LogP contribution in [0.2, 0.25) is 0 Å². The average molecular weight is 287 g/mol. The summed E-state index contributed by atoms with van der Waals surface area (Å²) >= 11 is 0. The zero-order valence-corrected chi connectivity index (χ0v) is 14.5. The maximum Gasteiger partial charge on any atom is 0.169 e. The summed E-state index contributed by atoms with van der Waals surface area (Å²) < 4.78 is 11.8. The number of nitrogens with one attached hydrogen (secondary N) is 1. The summed E-state index contributed by atoms with van der Waals surface area (Å²) in [5.74, 6) is -0.0331. The highest BCUT2D eigenvalue weighted by Gasteiger charge is 2.34. The molecule has 0 saturated heterocycles. The van der Waals surface area contributed by atoms with Crippen molar-refractivity contribution < 1.29 is 9.47 Å². The third kappa shape index (κ3) is 8.23. The molecule has 0 spiro atoms. The van der Waals surface area contributed by atoms with Gasteiger partial charge in [-0.05, 0) is 34.2 Å². The predicted octanol–water partition coefficient (Wildman–Crippen LogP) is 4.36. The van der Waals surface area contributed by atoms with Crippen molar-refractivity contribution in [3.8, 4) is 0 Å². The molecule has 122 valence electrons. The maximum atomic E-state index is 5.92. The van der Waals surface area contributed by atoms with E-state index >= 15 is 0 Å². The standard InChI is InChI=1S/C17H37NO2/c1-6-9-10-11-12-13-14-16(15-18-5)17(4,19-7-2)20-8-3/h16,18H,6-15H2,1-5H3. The lowest BCUT2D eigenvalue weighted by molar-refractivity contribution is -0.252. The van der Waals surface area contributed by atoms with Crippen LogP contribution < -0.4 is 5.32 Å². The fraction of sp³-hybridized carbons (Fsp3) is 1.00. The summed E-state index contributed by atoms with van der Waals surface area (Å²) in [6, 6.07) is 0. The van der Waals surface area contributed by atoms with Crippen molar-refractivity contribution in [2.75, 3.05) is 26.8 Å². The fourth-order valence-corrected chi connectivity index (χ4v) is 2.82. The molecule has 0 aliphatic carbocycles. The van der Waals surface area contributed by atoms with E-state index in [-0.39, 0.29) is 0 Å². The molecule has 0 fully saturated rings. The molecule has 1 atom stereocenters. The van der Waals surface area contributed by atoms with E-state index in [0.29, 0.717) is 19.1 Å². The van der Waals surface area contributed by atoms with E-state index in [9.17, 15) is 0 Å². The highest BCUT2D eigenvalue weighted by Crippen LogP contribution is 2.28. The number of hydrogen-bond acceptors (Lipinski definition) is 3. The molecule has 0 aliphatic heterocycles. The number of rotatable bonds is 14. The Morgan fingerprint density at radius 3 is 1.95 bits per heavy atom. The van der Waals surface area contributed by atoms with Crippen molar-refractivity contribution in [2.45, 2.75) is 78.4 Å². The number of unbranched alkanes of at least 4 members (excludes halogenated alkanes) is 5. The van der Waals surface area contributed by atoms with Crippen molar-refractivity contribution in [3.05, 3.63) is 0 Å². The lowest BCUT2D eigenvalue weighted by atomic mass is 9.92. The SMILES string of the molecule is CCCCCCCCC(CNC)C(C)(OCC)OCC. The molecule has 20 heavy (non-hydrogen) atoms. The van der Waals surface area contributed by atoms with Crippen LogP contribution in [0.3, 0.4) is 0 Å². The van der Waals surface area contributed by atoms with Crippen molar-refractivity contribution >= 4 is 0 Å². The first-order valence-electron chi connectivity index (χ1n) is 8.57. The minimum atomic E-state index is -0.448. The minimum absolute atomic E-state index is 0.415. The van der Waals surface area contributed by atoms with E-state index in [0.717, 1.165) is 6.54 Å². The zero-order valence-electron chi connectivity index (χ0n) is 14.5. The van der Waals surface area contributed by atoms with Gasteiger partial charge in [-0.1, -0.05) is 45.4 Å². The van der Waals surface area contributed by atoms with Crippen LogP contribution in [-0.2, 0) is 9.47 Å². The van der Waals surface area contributed by atoms with Gasteiger partial charge in [0.25, 0.3) is 0 Å². The summed E-state index contributed by atoms with van der Waals surface area (Å²) in [6.45, 7) is 10.8. The molecule has 0 rings (SSSR count). The Morgan fingerprint density at radius 1 is 0.900 bits per heavy atom. The molecular formula is C17H37NO2. The Kier molecular flexibility index (Phi) is 12.5. The van der Waals surface area contributed by atoms with Crippen LogP contribution in [0.1, 0.15) is 72.6 Å². The van der Waals surface area contributed by atoms with Gasteiger partial charge in [-0.15, -0.1) is 0 Å². The van der Waals surface area contributed by atoms with E-state index in [1.165, 1.54) is 44.9 Å². The van der Waals surface area contributed by atoms with Gasteiger partial charge in [0.1, 0.15) is 0 Å². The second-order valence-corrected chi connectivity index (χ2v) is 5.69. The van der Waals surface area contributed by atoms with E-state index < -0.39 is 5.79 Å². The highest BCUT2D eigenvalue weighted by atomic mass is 16.7. The first kappa shape index (κ1) is 19.9. The number of ether oxygens (including phenoxy) is 2. The molecule has 0 aromatic rings. The van der Waals surface area contributed by atoms with Gasteiger partial charge in [0.2, 0.25) is 0 Å². The topological polar surface area (TPSA) is 30.5 Å². The van der Waals surface area contributed by atoms with Gasteiger partial charge in [-0.3, -0.25) is 0 Å². The molecule has 0 aromatic carbocycles. The van der Waals surface area contributed by atoms with Gasteiger partial charge in [-0.25, -0.2) is 0 Å². The van der Waals surface area contributed by atoms with Gasteiger partial charge in [0, 0.05) is 25.7 Å². The smallest absolute Gasteiger partial charge is 0.169 e. The van der Waals surface area contributed by atoms with Crippen LogP contribution in [-0.4, -0.2) is 32.6 Å². The molecule has 0 heterocycles. The molecular weight excluding hydrogens is 250 g/mol. The van der Waals surface area contributed by atoms with Crippen LogP contribution in [0, 0.1) is 5.92 Å². The monoisotopic (exact) mass is 287 g/mol. The molecule has 0 radical (unpaired) electrons. The van der Waals surface area contributed by atoms with E-state index in [1.807, 2.05) is 20.9 Å². The van der Waals surface area contributed by atoms with Crippen LogP contribution in [0.15, 0.2) is 0 Å². The maximum absolute atomic E-state index is 5.92. The lowest BCUT2D eigenvalue weighted by Gasteiger charge is -2.37. The molecule has 3 nitrogen and oxygen atoms in total. The highest BCUT2D eigenvalue weighted by molar-refractivity contribution is 4.77. The van der Waals surface area contributed by atoms with E-state index in [1.54, 1.807) is 0 Å². The van der Waals surface area contributed by atoms with Crippen molar-refractivity contribution in [3.63, 3.8) is 0 Å². The normalized spacial score (nSPS) is 13.7. The second kappa shape index (κ2) is 12.6. The molecule has 0 saturated carbocycles. The first-order valence-corrected chi connectivity index (χ1v) is 8.57. The molecule has 0 aliphatic rings. The van der Waals surface area contributed by atoms with Gasteiger partial charge < -0.3 is 14.8 Å². The molecule has 1 unspecified atom stereocenters. The van der Waals surface area contributed by atoms with E-state index in [4.69, 9.17) is 9.47 Å². The third-order valence-electron chi connectivity index (χ3n) is 3.96. The van der Waals surface area contributed by atoms with Crippen molar-refractivity contribution in [2.24, 2.45) is 5.92 Å². The summed E-state index contributed by atoms with van der Waals surface area (Å²) in [5.41, 5.74) is 0. The molecule has 3 heteroatoms. The van der Waals surface area contributed by atoms with Crippen molar-refractivity contribution in [1.82, 2.24) is 5.32 Å². The quantitative estimate of drug-likeness (QED) is 0.380. The summed E-state index contributed by atoms with van der Waals surface area (Å²) in [7, 11) is 2.01. The predicted molar refractivity (Wildman–Crippen MR) is 87.1 cm³/mol. The fourth-order valence-electron chi connectivity index (χ4n) is 2.82. The second-order valence-electron chi connectivity index (χ2n) is 5.69. The average Bonchev–Trinajstić information content (AvgIpc) is 2.42. The summed E-state index contributed by atoms with van der Waals surface area (Å²) in [4.78, 5) is 0. The Balaban J connectivity index is 4.22. The Hall–Kier alpha value is -0.120. The van der Waals surface area contributed by atoms with Crippen LogP contribution >= 0.6 is 0 Å². The Labute approximate surface area is 126 Å². The van der Waals surface area contributed by atoms with Crippen LogP contribution in [0.4, 0.5) is 0 Å². The van der Waals surface area contributed by atoms with Crippen LogP contribution in [0.25, 0.3) is 0 Å². The minimum Gasteiger partial charge on any atom is -0.350 e. The molecule has 0 aromatic heterocycles. The first-order chi connectivity index (χ1) is 9.64. The molecule has 0 bridgehead atoms. The van der Waals surface area contributed by atoms with Gasteiger partial charge in [-0.2, -0.15) is 0 Å². The largest absolute Gasteiger partial charge is 0.350 e. The van der Waals surface area contributed by atoms with Gasteiger partial charge >= 0.3 is 0 Å². The lowest BCUT2D eigenvalue weighted by Crippen LogP contribution is -2.45. The summed E-state index contributed by atoms with van der Waals surface area (Å²) in [5, 5.41) is 3.29. The molecule has 0 amide bonds. The Bertz CT molecular complexity index is 203. The van der Waals surface area contributed by atoms with Gasteiger partial charge in [0.05, 0.1) is 0 Å². The zero-order chi connectivity index (χ0) is 15.3.